The number of benzene rings is 2. The van der Waals surface area contributed by atoms with Crippen LogP contribution in [0.25, 0.3) is 0 Å². The van der Waals surface area contributed by atoms with E-state index in [1.54, 1.807) is 0 Å². The molecule has 0 unspecified atom stereocenters. The number of para-hydroxylation sites is 1. The summed E-state index contributed by atoms with van der Waals surface area (Å²) in [4.78, 5) is 4.66. The first-order valence-corrected chi connectivity index (χ1v) is 9.23. The molecule has 0 atom stereocenters. The third-order valence-electron chi connectivity index (χ3n) is 4.36. The molecule has 3 rings (SSSR count). The Bertz CT molecular complexity index is 927. The summed E-state index contributed by atoms with van der Waals surface area (Å²) in [7, 11) is 0. The van der Waals surface area contributed by atoms with Gasteiger partial charge in [-0.1, -0.05) is 48.5 Å². The highest BCUT2D eigenvalue weighted by Crippen LogP contribution is 2.29. The van der Waals surface area contributed by atoms with Crippen molar-refractivity contribution in [2.45, 2.75) is 27.4 Å². The van der Waals surface area contributed by atoms with E-state index in [1.807, 2.05) is 69.3 Å². The SMILES string of the molecule is Cc1nc(NC(=S)Nc2ccccc2)c(C)c(C)c1OCc1ccccc1. The van der Waals surface area contributed by atoms with Crippen LogP contribution in [0.5, 0.6) is 5.75 Å². The average molecular weight is 378 g/mol. The van der Waals surface area contributed by atoms with Crippen molar-refractivity contribution in [1.82, 2.24) is 4.98 Å². The number of aryl methyl sites for hydroxylation is 1. The molecule has 0 aliphatic rings. The average Bonchev–Trinajstić information content (AvgIpc) is 2.67. The van der Waals surface area contributed by atoms with Gasteiger partial charge >= 0.3 is 0 Å². The van der Waals surface area contributed by atoms with Crippen LogP contribution in [0, 0.1) is 20.8 Å². The third-order valence-corrected chi connectivity index (χ3v) is 4.56. The second-order valence-corrected chi connectivity index (χ2v) is 6.75. The van der Waals surface area contributed by atoms with Gasteiger partial charge in [-0.15, -0.1) is 0 Å². The molecule has 0 spiro atoms. The maximum atomic E-state index is 6.05. The Kier molecular flexibility index (Phi) is 6.04. The fraction of sp³-hybridized carbons (Fsp3) is 0.182. The van der Waals surface area contributed by atoms with Gasteiger partial charge in [-0.25, -0.2) is 4.98 Å². The van der Waals surface area contributed by atoms with E-state index < -0.39 is 0 Å². The fourth-order valence-electron chi connectivity index (χ4n) is 2.78. The van der Waals surface area contributed by atoms with Gasteiger partial charge in [0.2, 0.25) is 0 Å². The Morgan fingerprint density at radius 2 is 1.52 bits per heavy atom. The Morgan fingerprint density at radius 3 is 2.19 bits per heavy atom. The van der Waals surface area contributed by atoms with Gasteiger partial charge in [0, 0.05) is 5.69 Å². The topological polar surface area (TPSA) is 46.2 Å². The van der Waals surface area contributed by atoms with Gasteiger partial charge in [-0.3, -0.25) is 0 Å². The monoisotopic (exact) mass is 377 g/mol. The van der Waals surface area contributed by atoms with E-state index in [1.165, 1.54) is 0 Å². The molecular formula is C22H23N3OS. The van der Waals surface area contributed by atoms with Gasteiger partial charge in [-0.05, 0) is 61.8 Å². The molecule has 2 N–H and O–H groups in total. The number of hydrogen-bond acceptors (Lipinski definition) is 3. The van der Waals surface area contributed by atoms with Crippen molar-refractivity contribution < 1.29 is 4.74 Å². The minimum Gasteiger partial charge on any atom is -0.487 e. The van der Waals surface area contributed by atoms with Crippen LogP contribution in [-0.4, -0.2) is 10.1 Å². The van der Waals surface area contributed by atoms with Crippen LogP contribution in [0.15, 0.2) is 60.7 Å². The Hall–Kier alpha value is -2.92. The molecule has 0 saturated heterocycles. The van der Waals surface area contributed by atoms with Crippen LogP contribution in [0.4, 0.5) is 11.5 Å². The number of thiocarbonyl (C=S) groups is 1. The number of rotatable bonds is 5. The summed E-state index contributed by atoms with van der Waals surface area (Å²) >= 11 is 5.42. The number of nitrogens with zero attached hydrogens (tertiary/aromatic N) is 1. The van der Waals surface area contributed by atoms with Crippen LogP contribution < -0.4 is 15.4 Å². The van der Waals surface area contributed by atoms with Crippen LogP contribution in [0.2, 0.25) is 0 Å². The highest BCUT2D eigenvalue weighted by atomic mass is 32.1. The first kappa shape index (κ1) is 18.9. The predicted molar refractivity (Wildman–Crippen MR) is 116 cm³/mol. The maximum Gasteiger partial charge on any atom is 0.176 e. The quantitative estimate of drug-likeness (QED) is 0.583. The van der Waals surface area contributed by atoms with Crippen molar-refractivity contribution >= 4 is 28.8 Å². The van der Waals surface area contributed by atoms with Gasteiger partial charge in [0.05, 0.1) is 5.69 Å². The number of aromatic nitrogens is 1. The molecule has 5 heteroatoms. The molecule has 0 saturated carbocycles. The lowest BCUT2D eigenvalue weighted by Crippen LogP contribution is -2.21. The van der Waals surface area contributed by atoms with Crippen LogP contribution >= 0.6 is 12.2 Å². The summed E-state index contributed by atoms with van der Waals surface area (Å²) in [5.41, 5.74) is 4.97. The predicted octanol–water partition coefficient (Wildman–Crippen LogP) is 5.39. The molecule has 2 aromatic carbocycles. The second kappa shape index (κ2) is 8.64. The summed E-state index contributed by atoms with van der Waals surface area (Å²) in [6.45, 7) is 6.53. The number of anilines is 2. The molecule has 0 fully saturated rings. The third kappa shape index (κ3) is 4.83. The summed E-state index contributed by atoms with van der Waals surface area (Å²) in [5, 5.41) is 6.87. The highest BCUT2D eigenvalue weighted by molar-refractivity contribution is 7.80. The smallest absolute Gasteiger partial charge is 0.176 e. The van der Waals surface area contributed by atoms with E-state index in [0.29, 0.717) is 11.7 Å². The summed E-state index contributed by atoms with van der Waals surface area (Å²) in [6.07, 6.45) is 0. The van der Waals surface area contributed by atoms with E-state index in [9.17, 15) is 0 Å². The zero-order valence-electron chi connectivity index (χ0n) is 15.7. The second-order valence-electron chi connectivity index (χ2n) is 6.34. The number of nitrogens with one attached hydrogen (secondary N) is 2. The Balaban J connectivity index is 1.73. The van der Waals surface area contributed by atoms with E-state index in [0.717, 1.165) is 39.6 Å². The molecule has 4 nitrogen and oxygen atoms in total. The first-order valence-electron chi connectivity index (χ1n) is 8.82. The van der Waals surface area contributed by atoms with Crippen molar-refractivity contribution in [2.75, 3.05) is 10.6 Å². The zero-order valence-corrected chi connectivity index (χ0v) is 16.6. The van der Waals surface area contributed by atoms with Gasteiger partial charge in [0.15, 0.2) is 5.11 Å². The van der Waals surface area contributed by atoms with Crippen molar-refractivity contribution in [3.63, 3.8) is 0 Å². The molecule has 0 amide bonds. The molecule has 1 aromatic heterocycles. The number of ether oxygens (including phenoxy) is 1. The van der Waals surface area contributed by atoms with Gasteiger partial charge in [0.1, 0.15) is 18.2 Å². The van der Waals surface area contributed by atoms with E-state index >= 15 is 0 Å². The van der Waals surface area contributed by atoms with Gasteiger partial charge < -0.3 is 15.4 Å². The van der Waals surface area contributed by atoms with Crippen LogP contribution in [0.3, 0.4) is 0 Å². The summed E-state index contributed by atoms with van der Waals surface area (Å²) in [5.74, 6) is 1.56. The van der Waals surface area contributed by atoms with Gasteiger partial charge in [0.25, 0.3) is 0 Å². The molecule has 0 bridgehead atoms. The largest absolute Gasteiger partial charge is 0.487 e. The Labute approximate surface area is 165 Å². The molecule has 138 valence electrons. The summed E-state index contributed by atoms with van der Waals surface area (Å²) < 4.78 is 6.05. The first-order chi connectivity index (χ1) is 13.0. The van der Waals surface area contributed by atoms with Gasteiger partial charge in [-0.2, -0.15) is 0 Å². The molecular weight excluding hydrogens is 354 g/mol. The number of hydrogen-bond donors (Lipinski definition) is 2. The molecule has 0 radical (unpaired) electrons. The minimum absolute atomic E-state index is 0.508. The normalized spacial score (nSPS) is 10.3. The minimum atomic E-state index is 0.508. The zero-order chi connectivity index (χ0) is 19.2. The number of pyridine rings is 1. The van der Waals surface area contributed by atoms with Crippen LogP contribution in [-0.2, 0) is 6.61 Å². The molecule has 0 aliphatic carbocycles. The standard InChI is InChI=1S/C22H23N3OS/c1-15-16(2)21(25-22(27)24-19-12-8-5-9-13-19)23-17(3)20(15)26-14-18-10-6-4-7-11-18/h4-13H,14H2,1-3H3,(H2,23,24,25,27). The van der Waals surface area contributed by atoms with E-state index in [4.69, 9.17) is 17.0 Å². The lowest BCUT2D eigenvalue weighted by molar-refractivity contribution is 0.300. The lowest BCUT2D eigenvalue weighted by atomic mass is 10.1. The highest BCUT2D eigenvalue weighted by Gasteiger charge is 2.14. The lowest BCUT2D eigenvalue weighted by Gasteiger charge is -2.18. The Morgan fingerprint density at radius 1 is 0.889 bits per heavy atom. The van der Waals surface area contributed by atoms with Crippen molar-refractivity contribution in [3.05, 3.63) is 83.0 Å². The van der Waals surface area contributed by atoms with Crippen molar-refractivity contribution in [3.8, 4) is 5.75 Å². The van der Waals surface area contributed by atoms with Crippen LogP contribution in [0.1, 0.15) is 22.4 Å². The van der Waals surface area contributed by atoms with Crippen molar-refractivity contribution in [2.24, 2.45) is 0 Å². The molecule has 27 heavy (non-hydrogen) atoms. The maximum absolute atomic E-state index is 6.05. The van der Waals surface area contributed by atoms with Crippen molar-refractivity contribution in [1.29, 1.82) is 0 Å². The summed E-state index contributed by atoms with van der Waals surface area (Å²) in [6, 6.07) is 19.9. The molecule has 3 aromatic rings. The molecule has 1 heterocycles. The molecule has 0 aliphatic heterocycles. The van der Waals surface area contributed by atoms with E-state index in [-0.39, 0.29) is 0 Å². The van der Waals surface area contributed by atoms with E-state index in [2.05, 4.69) is 27.8 Å². The fourth-order valence-corrected chi connectivity index (χ4v) is 2.99.